The number of carbonyl (C=O) groups excluding carboxylic acids is 1. The van der Waals surface area contributed by atoms with Crippen LogP contribution in [0.25, 0.3) is 0 Å². The largest absolute Gasteiger partial charge is 0.378 e. The molecular weight excluding hydrogens is 356 g/mol. The van der Waals surface area contributed by atoms with E-state index in [-0.39, 0.29) is 6.03 Å². The molecule has 8 heteroatoms. The molecule has 1 N–H and O–H groups in total. The highest BCUT2D eigenvalue weighted by molar-refractivity contribution is 5.89. The van der Waals surface area contributed by atoms with Crippen molar-refractivity contribution in [2.24, 2.45) is 0 Å². The molecule has 28 heavy (non-hydrogen) atoms. The Bertz CT molecular complexity index is 802. The van der Waals surface area contributed by atoms with E-state index in [4.69, 9.17) is 9.72 Å². The van der Waals surface area contributed by atoms with E-state index >= 15 is 0 Å². The molecule has 2 amide bonds. The number of carbonyl (C=O) groups is 1. The molecule has 3 heterocycles. The van der Waals surface area contributed by atoms with E-state index in [1.165, 1.54) is 0 Å². The van der Waals surface area contributed by atoms with Gasteiger partial charge in [0.25, 0.3) is 0 Å². The molecule has 0 aliphatic carbocycles. The molecule has 8 nitrogen and oxygen atoms in total. The zero-order valence-corrected chi connectivity index (χ0v) is 16.2. The summed E-state index contributed by atoms with van der Waals surface area (Å²) in [5, 5.41) is 2.95. The molecule has 0 radical (unpaired) electrons. The minimum atomic E-state index is -0.0567. The monoisotopic (exact) mass is 382 g/mol. The van der Waals surface area contributed by atoms with Crippen LogP contribution in [-0.4, -0.2) is 73.4 Å². The van der Waals surface area contributed by atoms with E-state index in [9.17, 15) is 4.79 Å². The number of hydrogen-bond acceptors (Lipinski definition) is 6. The number of nitrogens with one attached hydrogen (secondary N) is 1. The first kappa shape index (κ1) is 18.5. The third kappa shape index (κ3) is 4.33. The summed E-state index contributed by atoms with van der Waals surface area (Å²) in [6.07, 6.45) is 0. The minimum Gasteiger partial charge on any atom is -0.378 e. The lowest BCUT2D eigenvalue weighted by Crippen LogP contribution is -2.50. The zero-order chi connectivity index (χ0) is 19.3. The fourth-order valence-electron chi connectivity index (χ4n) is 3.47. The van der Waals surface area contributed by atoms with Gasteiger partial charge in [-0.1, -0.05) is 18.2 Å². The molecule has 4 rings (SSSR count). The van der Waals surface area contributed by atoms with E-state index in [0.717, 1.165) is 49.3 Å². The maximum atomic E-state index is 12.5. The standard InChI is InChI=1S/C20H26N6O2/c1-16-15-18(23-19(21-16)25-11-13-28-14-12-25)24-7-9-26(10-8-24)20(27)22-17-5-3-2-4-6-17/h2-6,15H,7-14H2,1H3,(H,22,27). The van der Waals surface area contributed by atoms with Crippen LogP contribution in [0.1, 0.15) is 5.69 Å². The molecule has 148 valence electrons. The number of aromatic nitrogens is 2. The fraction of sp³-hybridized carbons (Fsp3) is 0.450. The maximum absolute atomic E-state index is 12.5. The molecule has 1 aromatic heterocycles. The van der Waals surface area contributed by atoms with Gasteiger partial charge < -0.3 is 24.8 Å². The Morgan fingerprint density at radius 2 is 1.68 bits per heavy atom. The summed E-state index contributed by atoms with van der Waals surface area (Å²) in [4.78, 5) is 28.1. The summed E-state index contributed by atoms with van der Waals surface area (Å²) in [6.45, 7) is 7.88. The van der Waals surface area contributed by atoms with Crippen LogP contribution in [0.3, 0.4) is 0 Å². The summed E-state index contributed by atoms with van der Waals surface area (Å²) in [6, 6.07) is 11.5. The van der Waals surface area contributed by atoms with Gasteiger partial charge in [0.15, 0.2) is 0 Å². The van der Waals surface area contributed by atoms with Gasteiger partial charge in [-0.15, -0.1) is 0 Å². The maximum Gasteiger partial charge on any atom is 0.321 e. The van der Waals surface area contributed by atoms with E-state index in [1.54, 1.807) is 0 Å². The second-order valence-electron chi connectivity index (χ2n) is 7.04. The number of hydrogen-bond donors (Lipinski definition) is 1. The second-order valence-corrected chi connectivity index (χ2v) is 7.04. The van der Waals surface area contributed by atoms with Gasteiger partial charge in [-0.25, -0.2) is 9.78 Å². The number of piperazine rings is 1. The Balaban J connectivity index is 1.38. The summed E-state index contributed by atoms with van der Waals surface area (Å²) in [5.41, 5.74) is 1.77. The van der Waals surface area contributed by atoms with Gasteiger partial charge in [-0.2, -0.15) is 4.98 Å². The Hall–Kier alpha value is -2.87. The number of para-hydroxylation sites is 1. The average Bonchev–Trinajstić information content (AvgIpc) is 2.75. The number of urea groups is 1. The average molecular weight is 382 g/mol. The summed E-state index contributed by atoms with van der Waals surface area (Å²) < 4.78 is 5.42. The van der Waals surface area contributed by atoms with Gasteiger partial charge in [0.2, 0.25) is 5.95 Å². The number of ether oxygens (including phenoxy) is 1. The number of rotatable bonds is 3. The van der Waals surface area contributed by atoms with Crippen molar-refractivity contribution in [3.05, 3.63) is 42.1 Å². The summed E-state index contributed by atoms with van der Waals surface area (Å²) in [7, 11) is 0. The SMILES string of the molecule is Cc1cc(N2CCN(C(=O)Nc3ccccc3)CC2)nc(N2CCOCC2)n1. The fourth-order valence-corrected chi connectivity index (χ4v) is 3.47. The molecule has 2 aromatic rings. The van der Waals surface area contributed by atoms with Crippen molar-refractivity contribution in [3.8, 4) is 0 Å². The second kappa shape index (κ2) is 8.43. The summed E-state index contributed by atoms with van der Waals surface area (Å²) in [5.74, 6) is 1.69. The van der Waals surface area contributed by atoms with E-state index in [1.807, 2.05) is 48.2 Å². The van der Waals surface area contributed by atoms with Gasteiger partial charge >= 0.3 is 6.03 Å². The first-order chi connectivity index (χ1) is 13.7. The van der Waals surface area contributed by atoms with Crippen molar-refractivity contribution in [2.75, 3.05) is 67.6 Å². The van der Waals surface area contributed by atoms with Crippen molar-refractivity contribution in [2.45, 2.75) is 6.92 Å². The number of anilines is 3. The lowest BCUT2D eigenvalue weighted by atomic mass is 10.3. The number of aryl methyl sites for hydroxylation is 1. The molecule has 0 unspecified atom stereocenters. The van der Waals surface area contributed by atoms with Gasteiger partial charge in [0.1, 0.15) is 5.82 Å². The topological polar surface area (TPSA) is 73.8 Å². The molecule has 2 aliphatic heterocycles. The minimum absolute atomic E-state index is 0.0567. The Morgan fingerprint density at radius 1 is 0.964 bits per heavy atom. The number of nitrogens with zero attached hydrogens (tertiary/aromatic N) is 5. The van der Waals surface area contributed by atoms with Crippen LogP contribution in [-0.2, 0) is 4.74 Å². The van der Waals surface area contributed by atoms with Crippen LogP contribution in [0.5, 0.6) is 0 Å². The van der Waals surface area contributed by atoms with Crippen LogP contribution < -0.4 is 15.1 Å². The predicted octanol–water partition coefficient (Wildman–Crippen LogP) is 1.98. The van der Waals surface area contributed by atoms with Crippen LogP contribution in [0, 0.1) is 6.92 Å². The third-order valence-corrected chi connectivity index (χ3v) is 5.04. The van der Waals surface area contributed by atoms with Gasteiger partial charge in [0, 0.05) is 56.7 Å². The molecule has 2 aliphatic rings. The Labute approximate surface area is 165 Å². The highest BCUT2D eigenvalue weighted by Gasteiger charge is 2.23. The van der Waals surface area contributed by atoms with Crippen molar-refractivity contribution < 1.29 is 9.53 Å². The lowest BCUT2D eigenvalue weighted by Gasteiger charge is -2.36. The Morgan fingerprint density at radius 3 is 2.39 bits per heavy atom. The lowest BCUT2D eigenvalue weighted by molar-refractivity contribution is 0.122. The molecule has 0 saturated carbocycles. The first-order valence-corrected chi connectivity index (χ1v) is 9.73. The van der Waals surface area contributed by atoms with Crippen LogP contribution in [0.2, 0.25) is 0 Å². The van der Waals surface area contributed by atoms with E-state index in [2.05, 4.69) is 20.1 Å². The first-order valence-electron chi connectivity index (χ1n) is 9.73. The van der Waals surface area contributed by atoms with Crippen LogP contribution in [0.4, 0.5) is 22.2 Å². The highest BCUT2D eigenvalue weighted by Crippen LogP contribution is 2.20. The summed E-state index contributed by atoms with van der Waals surface area (Å²) >= 11 is 0. The van der Waals surface area contributed by atoms with Gasteiger partial charge in [-0.05, 0) is 19.1 Å². The van der Waals surface area contributed by atoms with Gasteiger partial charge in [-0.3, -0.25) is 0 Å². The molecule has 2 saturated heterocycles. The smallest absolute Gasteiger partial charge is 0.321 e. The Kier molecular flexibility index (Phi) is 5.57. The highest BCUT2D eigenvalue weighted by atomic mass is 16.5. The zero-order valence-electron chi connectivity index (χ0n) is 16.2. The van der Waals surface area contributed by atoms with Gasteiger partial charge in [0.05, 0.1) is 13.2 Å². The van der Waals surface area contributed by atoms with Crippen LogP contribution in [0.15, 0.2) is 36.4 Å². The van der Waals surface area contributed by atoms with Crippen molar-refractivity contribution >= 4 is 23.5 Å². The number of morpholine rings is 1. The molecule has 0 spiro atoms. The van der Waals surface area contributed by atoms with E-state index < -0.39 is 0 Å². The molecule has 1 aromatic carbocycles. The normalized spacial score (nSPS) is 17.5. The third-order valence-electron chi connectivity index (χ3n) is 5.04. The molecule has 2 fully saturated rings. The van der Waals surface area contributed by atoms with Crippen molar-refractivity contribution in [3.63, 3.8) is 0 Å². The quantitative estimate of drug-likeness (QED) is 0.875. The molecule has 0 bridgehead atoms. The van der Waals surface area contributed by atoms with Crippen molar-refractivity contribution in [1.82, 2.24) is 14.9 Å². The van der Waals surface area contributed by atoms with E-state index in [0.29, 0.717) is 26.3 Å². The van der Waals surface area contributed by atoms with Crippen LogP contribution >= 0.6 is 0 Å². The predicted molar refractivity (Wildman–Crippen MR) is 109 cm³/mol. The van der Waals surface area contributed by atoms with Crippen molar-refractivity contribution in [1.29, 1.82) is 0 Å². The molecule has 0 atom stereocenters. The molecular formula is C20H26N6O2. The number of benzene rings is 1. The number of amides is 2.